The maximum Gasteiger partial charge on any atom is 0.307 e. The van der Waals surface area contributed by atoms with E-state index in [0.29, 0.717) is 17.7 Å². The Morgan fingerprint density at radius 3 is 2.40 bits per heavy atom. The summed E-state index contributed by atoms with van der Waals surface area (Å²) in [5, 5.41) is 32.5. The van der Waals surface area contributed by atoms with Gasteiger partial charge in [-0.1, -0.05) is 13.8 Å². The lowest BCUT2D eigenvalue weighted by molar-refractivity contribution is -0.136. The topological polar surface area (TPSA) is 110 Å². The molecular formula is C18H32N2O5. The first-order chi connectivity index (χ1) is 11.7. The van der Waals surface area contributed by atoms with Gasteiger partial charge in [-0.15, -0.1) is 0 Å². The normalized spacial score (nSPS) is 23.0. The number of nitrogens with one attached hydrogen (secondary N) is 1. The first-order valence-corrected chi connectivity index (χ1v) is 8.98. The number of amides is 1. The summed E-state index contributed by atoms with van der Waals surface area (Å²) in [6, 6.07) is 0.173. The molecule has 144 valence electrons. The van der Waals surface area contributed by atoms with Gasteiger partial charge < -0.3 is 25.5 Å². The SMILES string of the molecule is CCC(CC)N/C(CN1C(=O)CCC1(CO)C(C)O)=C(/C)CC(=O)O. The highest BCUT2D eigenvalue weighted by Crippen LogP contribution is 2.34. The number of aliphatic hydroxyl groups is 2. The van der Waals surface area contributed by atoms with Crippen LogP contribution >= 0.6 is 0 Å². The Balaban J connectivity index is 3.18. The van der Waals surface area contributed by atoms with E-state index in [1.807, 2.05) is 13.8 Å². The molecule has 2 atom stereocenters. The van der Waals surface area contributed by atoms with Crippen molar-refractivity contribution in [2.45, 2.75) is 77.5 Å². The monoisotopic (exact) mass is 356 g/mol. The first kappa shape index (κ1) is 21.4. The van der Waals surface area contributed by atoms with Gasteiger partial charge in [0.15, 0.2) is 0 Å². The van der Waals surface area contributed by atoms with Crippen LogP contribution in [0.25, 0.3) is 0 Å². The summed E-state index contributed by atoms with van der Waals surface area (Å²) >= 11 is 0. The molecule has 0 bridgehead atoms. The number of aliphatic hydroxyl groups excluding tert-OH is 2. The number of hydrogen-bond donors (Lipinski definition) is 4. The van der Waals surface area contributed by atoms with Crippen LogP contribution in [0.5, 0.6) is 0 Å². The zero-order valence-electron chi connectivity index (χ0n) is 15.7. The van der Waals surface area contributed by atoms with Gasteiger partial charge in [-0.2, -0.15) is 0 Å². The van der Waals surface area contributed by atoms with Crippen LogP contribution in [0.1, 0.15) is 59.8 Å². The summed E-state index contributed by atoms with van der Waals surface area (Å²) < 4.78 is 0. The van der Waals surface area contributed by atoms with Crippen LogP contribution < -0.4 is 5.32 Å². The molecule has 1 heterocycles. The molecule has 0 aromatic heterocycles. The van der Waals surface area contributed by atoms with Gasteiger partial charge >= 0.3 is 5.97 Å². The molecule has 0 aliphatic carbocycles. The fourth-order valence-corrected chi connectivity index (χ4v) is 3.35. The van der Waals surface area contributed by atoms with Crippen LogP contribution in [0, 0.1) is 0 Å². The smallest absolute Gasteiger partial charge is 0.307 e. The molecule has 2 unspecified atom stereocenters. The fraction of sp³-hybridized carbons (Fsp3) is 0.778. The number of hydrogen-bond acceptors (Lipinski definition) is 5. The number of carboxylic acids is 1. The lowest BCUT2D eigenvalue weighted by Crippen LogP contribution is -2.57. The molecular weight excluding hydrogens is 324 g/mol. The van der Waals surface area contributed by atoms with Gasteiger partial charge in [0.2, 0.25) is 5.91 Å². The van der Waals surface area contributed by atoms with Crippen LogP contribution in [0.3, 0.4) is 0 Å². The zero-order chi connectivity index (χ0) is 19.2. The molecule has 4 N–H and O–H groups in total. The quantitative estimate of drug-likeness (QED) is 0.469. The summed E-state index contributed by atoms with van der Waals surface area (Å²) in [5.41, 5.74) is 0.322. The Kier molecular flexibility index (Phi) is 7.89. The Morgan fingerprint density at radius 2 is 1.96 bits per heavy atom. The van der Waals surface area contributed by atoms with Crippen molar-refractivity contribution in [3.63, 3.8) is 0 Å². The molecule has 0 aromatic carbocycles. The highest BCUT2D eigenvalue weighted by Gasteiger charge is 2.48. The van der Waals surface area contributed by atoms with Crippen molar-refractivity contribution in [3.8, 4) is 0 Å². The summed E-state index contributed by atoms with van der Waals surface area (Å²) in [6.45, 7) is 7.23. The second-order valence-corrected chi connectivity index (χ2v) is 6.90. The van der Waals surface area contributed by atoms with E-state index in [1.165, 1.54) is 4.90 Å². The van der Waals surface area contributed by atoms with Gasteiger partial charge in [0.1, 0.15) is 0 Å². The van der Waals surface area contributed by atoms with E-state index in [9.17, 15) is 19.8 Å². The highest BCUT2D eigenvalue weighted by atomic mass is 16.4. The van der Waals surface area contributed by atoms with Gasteiger partial charge in [-0.3, -0.25) is 9.59 Å². The van der Waals surface area contributed by atoms with Crippen LogP contribution in [0.15, 0.2) is 11.3 Å². The molecule has 25 heavy (non-hydrogen) atoms. The van der Waals surface area contributed by atoms with E-state index >= 15 is 0 Å². The molecule has 0 spiro atoms. The third-order valence-electron chi connectivity index (χ3n) is 5.27. The molecule has 0 aromatic rings. The Hall–Kier alpha value is -1.60. The van der Waals surface area contributed by atoms with Crippen molar-refractivity contribution >= 4 is 11.9 Å². The van der Waals surface area contributed by atoms with Crippen molar-refractivity contribution < 1.29 is 24.9 Å². The minimum atomic E-state index is -1.01. The summed E-state index contributed by atoms with van der Waals surface area (Å²) in [6.07, 6.45) is 1.40. The lowest BCUT2D eigenvalue weighted by atomic mass is 9.91. The summed E-state index contributed by atoms with van der Waals surface area (Å²) in [5.74, 6) is -1.07. The van der Waals surface area contributed by atoms with Crippen LogP contribution in [-0.4, -0.2) is 62.9 Å². The number of carbonyl (C=O) groups is 2. The first-order valence-electron chi connectivity index (χ1n) is 8.98. The maximum atomic E-state index is 12.4. The Labute approximate surface area is 149 Å². The molecule has 1 aliphatic heterocycles. The van der Waals surface area contributed by atoms with Gasteiger partial charge in [0.25, 0.3) is 0 Å². The van der Waals surface area contributed by atoms with Crippen molar-refractivity contribution in [2.75, 3.05) is 13.2 Å². The third-order valence-corrected chi connectivity index (χ3v) is 5.27. The molecule has 0 saturated carbocycles. The van der Waals surface area contributed by atoms with E-state index in [0.717, 1.165) is 12.8 Å². The number of likely N-dealkylation sites (tertiary alicyclic amines) is 1. The fourth-order valence-electron chi connectivity index (χ4n) is 3.35. The molecule has 1 fully saturated rings. The van der Waals surface area contributed by atoms with Crippen LogP contribution in [0.2, 0.25) is 0 Å². The van der Waals surface area contributed by atoms with Gasteiger partial charge in [0, 0.05) is 18.2 Å². The molecule has 1 amide bonds. The van der Waals surface area contributed by atoms with Gasteiger partial charge in [-0.25, -0.2) is 0 Å². The Bertz CT molecular complexity index is 514. The van der Waals surface area contributed by atoms with E-state index in [2.05, 4.69) is 5.32 Å². The number of rotatable bonds is 10. The minimum absolute atomic E-state index is 0.120. The van der Waals surface area contributed by atoms with E-state index < -0.39 is 17.6 Å². The molecule has 0 radical (unpaired) electrons. The zero-order valence-corrected chi connectivity index (χ0v) is 15.7. The van der Waals surface area contributed by atoms with Crippen molar-refractivity contribution in [1.82, 2.24) is 10.2 Å². The van der Waals surface area contributed by atoms with E-state index in [4.69, 9.17) is 5.11 Å². The van der Waals surface area contributed by atoms with Crippen LogP contribution in [-0.2, 0) is 9.59 Å². The van der Waals surface area contributed by atoms with Gasteiger partial charge in [0.05, 0.1) is 31.2 Å². The molecule has 1 saturated heterocycles. The average Bonchev–Trinajstić information content (AvgIpc) is 2.87. The lowest BCUT2D eigenvalue weighted by Gasteiger charge is -2.40. The number of aliphatic carboxylic acids is 1. The molecule has 7 heteroatoms. The molecule has 7 nitrogen and oxygen atoms in total. The van der Waals surface area contributed by atoms with Crippen molar-refractivity contribution in [1.29, 1.82) is 0 Å². The molecule has 1 rings (SSSR count). The predicted molar refractivity (Wildman–Crippen MR) is 94.9 cm³/mol. The summed E-state index contributed by atoms with van der Waals surface area (Å²) in [7, 11) is 0. The van der Waals surface area contributed by atoms with E-state index in [-0.39, 0.29) is 37.9 Å². The minimum Gasteiger partial charge on any atom is -0.481 e. The highest BCUT2D eigenvalue weighted by molar-refractivity contribution is 5.80. The maximum absolute atomic E-state index is 12.4. The van der Waals surface area contributed by atoms with Crippen molar-refractivity contribution in [2.24, 2.45) is 0 Å². The summed E-state index contributed by atoms with van der Waals surface area (Å²) in [4.78, 5) is 25.0. The van der Waals surface area contributed by atoms with Gasteiger partial charge in [-0.05, 0) is 38.7 Å². The number of carbonyl (C=O) groups excluding carboxylic acids is 1. The average molecular weight is 356 g/mol. The van der Waals surface area contributed by atoms with Crippen molar-refractivity contribution in [3.05, 3.63) is 11.3 Å². The molecule has 1 aliphatic rings. The number of carboxylic acid groups (broad SMARTS) is 1. The van der Waals surface area contributed by atoms with E-state index in [1.54, 1.807) is 13.8 Å². The Morgan fingerprint density at radius 1 is 1.36 bits per heavy atom. The number of nitrogens with zero attached hydrogens (tertiary/aromatic N) is 1. The second kappa shape index (κ2) is 9.20. The van der Waals surface area contributed by atoms with Crippen LogP contribution in [0.4, 0.5) is 0 Å². The second-order valence-electron chi connectivity index (χ2n) is 6.90. The predicted octanol–water partition coefficient (Wildman–Crippen LogP) is 1.25. The largest absolute Gasteiger partial charge is 0.481 e. The third kappa shape index (κ3) is 4.95. The standard InChI is InChI=1S/C18H32N2O5/c1-5-14(6-2)19-15(12(3)9-17(24)25)10-20-16(23)7-8-18(20,11-21)13(4)22/h13-14,19,21-22H,5-11H2,1-4H3,(H,24,25)/b15-12-.